The van der Waals surface area contributed by atoms with Crippen molar-refractivity contribution in [2.75, 3.05) is 6.61 Å². The summed E-state index contributed by atoms with van der Waals surface area (Å²) in [7, 11) is 0. The van der Waals surface area contributed by atoms with Crippen molar-refractivity contribution in [3.05, 3.63) is 42.1 Å². The second kappa shape index (κ2) is 5.21. The zero-order valence-corrected chi connectivity index (χ0v) is 11.3. The number of hydrogen-bond donors (Lipinski definition) is 2. The fourth-order valence-corrected chi connectivity index (χ4v) is 2.90. The average molecular weight is 270 g/mol. The standard InChI is InChI=1S/C16H18N2O2/c19-11-16(7-1-2-8-16)18-15(20)13-5-6-14-12(10-13)4-3-9-17-14/h3-6,9-10,19H,1-2,7-8,11H2,(H,18,20). The van der Waals surface area contributed by atoms with Gasteiger partial charge in [-0.25, -0.2) is 0 Å². The molecular formula is C16H18N2O2. The van der Waals surface area contributed by atoms with E-state index in [1.165, 1.54) is 0 Å². The molecule has 4 nitrogen and oxygen atoms in total. The third-order valence-corrected chi connectivity index (χ3v) is 4.11. The van der Waals surface area contributed by atoms with Gasteiger partial charge in [0.15, 0.2) is 0 Å². The van der Waals surface area contributed by atoms with Crippen molar-refractivity contribution in [1.82, 2.24) is 10.3 Å². The van der Waals surface area contributed by atoms with Crippen molar-refractivity contribution in [2.24, 2.45) is 0 Å². The number of carbonyl (C=O) groups is 1. The Balaban J connectivity index is 1.85. The van der Waals surface area contributed by atoms with Crippen molar-refractivity contribution >= 4 is 16.8 Å². The fourth-order valence-electron chi connectivity index (χ4n) is 2.90. The van der Waals surface area contributed by atoms with Gasteiger partial charge < -0.3 is 10.4 Å². The molecule has 1 aromatic heterocycles. The molecule has 0 radical (unpaired) electrons. The van der Waals surface area contributed by atoms with E-state index in [-0.39, 0.29) is 12.5 Å². The van der Waals surface area contributed by atoms with Crippen molar-refractivity contribution in [2.45, 2.75) is 31.2 Å². The van der Waals surface area contributed by atoms with E-state index in [1.54, 1.807) is 12.3 Å². The molecule has 0 atom stereocenters. The summed E-state index contributed by atoms with van der Waals surface area (Å²) < 4.78 is 0. The van der Waals surface area contributed by atoms with Crippen LogP contribution in [0.25, 0.3) is 10.9 Å². The van der Waals surface area contributed by atoms with E-state index in [2.05, 4.69) is 10.3 Å². The number of aliphatic hydroxyl groups excluding tert-OH is 1. The van der Waals surface area contributed by atoms with Gasteiger partial charge in [-0.15, -0.1) is 0 Å². The number of amides is 1. The van der Waals surface area contributed by atoms with Crippen molar-refractivity contribution in [1.29, 1.82) is 0 Å². The molecule has 1 aromatic carbocycles. The topological polar surface area (TPSA) is 62.2 Å². The number of nitrogens with zero attached hydrogens (tertiary/aromatic N) is 1. The SMILES string of the molecule is O=C(NC1(CO)CCCC1)c1ccc2ncccc2c1. The van der Waals surface area contributed by atoms with E-state index in [0.29, 0.717) is 5.56 Å². The van der Waals surface area contributed by atoms with Crippen LogP contribution in [-0.2, 0) is 0 Å². The molecule has 2 aromatic rings. The van der Waals surface area contributed by atoms with E-state index in [9.17, 15) is 9.90 Å². The Labute approximate surface area is 117 Å². The minimum Gasteiger partial charge on any atom is -0.394 e. The van der Waals surface area contributed by atoms with Gasteiger partial charge in [0.25, 0.3) is 5.91 Å². The number of aliphatic hydroxyl groups is 1. The molecule has 0 spiro atoms. The van der Waals surface area contributed by atoms with Crippen LogP contribution in [0.1, 0.15) is 36.0 Å². The number of fused-ring (bicyclic) bond motifs is 1. The summed E-state index contributed by atoms with van der Waals surface area (Å²) in [6.07, 6.45) is 5.56. The summed E-state index contributed by atoms with van der Waals surface area (Å²) in [4.78, 5) is 16.6. The molecule has 1 saturated carbocycles. The zero-order chi connectivity index (χ0) is 14.0. The van der Waals surface area contributed by atoms with Crippen molar-refractivity contribution in [3.63, 3.8) is 0 Å². The van der Waals surface area contributed by atoms with Crippen LogP contribution in [0.4, 0.5) is 0 Å². The lowest BCUT2D eigenvalue weighted by Gasteiger charge is -2.28. The maximum absolute atomic E-state index is 12.4. The van der Waals surface area contributed by atoms with E-state index >= 15 is 0 Å². The number of aromatic nitrogens is 1. The minimum absolute atomic E-state index is 0.00781. The van der Waals surface area contributed by atoms with E-state index in [0.717, 1.165) is 36.6 Å². The Bertz CT molecular complexity index is 633. The Morgan fingerprint density at radius 3 is 2.85 bits per heavy atom. The van der Waals surface area contributed by atoms with Gasteiger partial charge in [-0.2, -0.15) is 0 Å². The molecule has 20 heavy (non-hydrogen) atoms. The molecule has 0 bridgehead atoms. The predicted molar refractivity (Wildman–Crippen MR) is 77.5 cm³/mol. The lowest BCUT2D eigenvalue weighted by Crippen LogP contribution is -2.49. The van der Waals surface area contributed by atoms with Gasteiger partial charge in [-0.05, 0) is 37.1 Å². The Kier molecular flexibility index (Phi) is 3.40. The first kappa shape index (κ1) is 13.1. The van der Waals surface area contributed by atoms with Gasteiger partial charge in [-0.1, -0.05) is 18.9 Å². The van der Waals surface area contributed by atoms with Gasteiger partial charge in [0.1, 0.15) is 0 Å². The van der Waals surface area contributed by atoms with Crippen molar-refractivity contribution < 1.29 is 9.90 Å². The van der Waals surface area contributed by atoms with Crippen LogP contribution >= 0.6 is 0 Å². The summed E-state index contributed by atoms with van der Waals surface area (Å²) in [5.74, 6) is -0.119. The first-order valence-corrected chi connectivity index (χ1v) is 7.01. The molecule has 0 aliphatic heterocycles. The molecule has 2 N–H and O–H groups in total. The zero-order valence-electron chi connectivity index (χ0n) is 11.3. The second-order valence-electron chi connectivity index (χ2n) is 5.51. The van der Waals surface area contributed by atoms with Crippen LogP contribution in [0, 0.1) is 0 Å². The largest absolute Gasteiger partial charge is 0.394 e. The van der Waals surface area contributed by atoms with Gasteiger partial charge in [0.2, 0.25) is 0 Å². The minimum atomic E-state index is -0.430. The monoisotopic (exact) mass is 270 g/mol. The molecule has 0 saturated heterocycles. The number of benzene rings is 1. The van der Waals surface area contributed by atoms with Crippen LogP contribution in [0.5, 0.6) is 0 Å². The number of hydrogen-bond acceptors (Lipinski definition) is 3. The predicted octanol–water partition coefficient (Wildman–Crippen LogP) is 2.27. The smallest absolute Gasteiger partial charge is 0.251 e. The van der Waals surface area contributed by atoms with Crippen LogP contribution in [0.3, 0.4) is 0 Å². The Hall–Kier alpha value is -1.94. The first-order chi connectivity index (χ1) is 9.72. The average Bonchev–Trinajstić information content (AvgIpc) is 2.96. The molecule has 1 amide bonds. The maximum Gasteiger partial charge on any atom is 0.251 e. The quantitative estimate of drug-likeness (QED) is 0.899. The van der Waals surface area contributed by atoms with E-state index < -0.39 is 5.54 Å². The third-order valence-electron chi connectivity index (χ3n) is 4.11. The van der Waals surface area contributed by atoms with Crippen LogP contribution in [0.15, 0.2) is 36.5 Å². The summed E-state index contributed by atoms with van der Waals surface area (Å²) >= 11 is 0. The number of pyridine rings is 1. The lowest BCUT2D eigenvalue weighted by atomic mass is 9.98. The molecule has 3 rings (SSSR count). The highest BCUT2D eigenvalue weighted by atomic mass is 16.3. The summed E-state index contributed by atoms with van der Waals surface area (Å²) in [5, 5.41) is 13.5. The first-order valence-electron chi connectivity index (χ1n) is 7.01. The van der Waals surface area contributed by atoms with Crippen LogP contribution in [0.2, 0.25) is 0 Å². The van der Waals surface area contributed by atoms with Crippen LogP contribution < -0.4 is 5.32 Å². The molecule has 104 valence electrons. The lowest BCUT2D eigenvalue weighted by molar-refractivity contribution is 0.0838. The molecule has 1 fully saturated rings. The number of nitrogens with one attached hydrogen (secondary N) is 1. The van der Waals surface area contributed by atoms with Gasteiger partial charge >= 0.3 is 0 Å². The number of rotatable bonds is 3. The van der Waals surface area contributed by atoms with Gasteiger partial charge in [0.05, 0.1) is 17.7 Å². The summed E-state index contributed by atoms with van der Waals surface area (Å²) in [6.45, 7) is 0.00781. The van der Waals surface area contributed by atoms with Crippen molar-refractivity contribution in [3.8, 4) is 0 Å². The third kappa shape index (κ3) is 2.39. The molecule has 4 heteroatoms. The summed E-state index contributed by atoms with van der Waals surface area (Å²) in [5.41, 5.74) is 1.06. The highest BCUT2D eigenvalue weighted by Gasteiger charge is 2.34. The van der Waals surface area contributed by atoms with E-state index in [4.69, 9.17) is 0 Å². The Morgan fingerprint density at radius 1 is 1.30 bits per heavy atom. The van der Waals surface area contributed by atoms with Crippen LogP contribution in [-0.4, -0.2) is 28.1 Å². The molecule has 1 aliphatic rings. The van der Waals surface area contributed by atoms with Gasteiger partial charge in [0, 0.05) is 17.1 Å². The molecule has 1 heterocycles. The molecule has 1 aliphatic carbocycles. The fraction of sp³-hybridized carbons (Fsp3) is 0.375. The van der Waals surface area contributed by atoms with Gasteiger partial charge in [-0.3, -0.25) is 9.78 Å². The summed E-state index contributed by atoms with van der Waals surface area (Å²) in [6, 6.07) is 9.28. The molecule has 0 unspecified atom stereocenters. The maximum atomic E-state index is 12.4. The highest BCUT2D eigenvalue weighted by Crippen LogP contribution is 2.29. The Morgan fingerprint density at radius 2 is 2.10 bits per heavy atom. The highest BCUT2D eigenvalue weighted by molar-refractivity contribution is 5.98. The number of carbonyl (C=O) groups excluding carboxylic acids is 1. The molecular weight excluding hydrogens is 252 g/mol. The van der Waals surface area contributed by atoms with E-state index in [1.807, 2.05) is 24.3 Å². The normalized spacial score (nSPS) is 17.2. The second-order valence-corrected chi connectivity index (χ2v) is 5.51.